The zero-order chi connectivity index (χ0) is 19.1. The van der Waals surface area contributed by atoms with Gasteiger partial charge in [0.2, 0.25) is 0 Å². The van der Waals surface area contributed by atoms with Crippen molar-refractivity contribution in [1.82, 2.24) is 19.5 Å². The fraction of sp³-hybridized carbons (Fsp3) is 0.429. The number of aryl methyl sites for hydroxylation is 2. The third-order valence-corrected chi connectivity index (χ3v) is 5.65. The van der Waals surface area contributed by atoms with Crippen molar-refractivity contribution in [2.75, 3.05) is 20.2 Å². The van der Waals surface area contributed by atoms with Gasteiger partial charge in [0.1, 0.15) is 5.75 Å². The number of likely N-dealkylation sites (tertiary alicyclic amines) is 1. The molecule has 6 nitrogen and oxygen atoms in total. The van der Waals surface area contributed by atoms with Crippen LogP contribution in [-0.4, -0.2) is 39.7 Å². The van der Waals surface area contributed by atoms with Crippen LogP contribution in [0.5, 0.6) is 5.75 Å². The Balaban J connectivity index is 1.55. The standard InChI is InChI=1S/C21H26N4O2/c1-13-5-6-19(27-4)17(9-13)12-24-8-7-16(11-24)18-10-20-22-15(3)14(2)21(26)25(20)23-18/h5-6,9-10,16,23H,7-8,11-12H2,1-4H3/t16-/m0/s1. The minimum Gasteiger partial charge on any atom is -0.496 e. The molecular formula is C21H26N4O2. The molecule has 142 valence electrons. The molecule has 1 N–H and O–H groups in total. The molecule has 0 saturated carbocycles. The average molecular weight is 366 g/mol. The number of methoxy groups -OCH3 is 1. The molecule has 1 aromatic carbocycles. The van der Waals surface area contributed by atoms with Crippen LogP contribution in [0.3, 0.4) is 0 Å². The third kappa shape index (κ3) is 3.25. The van der Waals surface area contributed by atoms with E-state index in [0.717, 1.165) is 43.2 Å². The van der Waals surface area contributed by atoms with E-state index in [4.69, 9.17) is 4.74 Å². The Morgan fingerprint density at radius 1 is 1.26 bits per heavy atom. The number of rotatable bonds is 4. The van der Waals surface area contributed by atoms with Crippen molar-refractivity contribution < 1.29 is 4.74 Å². The zero-order valence-electron chi connectivity index (χ0n) is 16.4. The van der Waals surface area contributed by atoms with Crippen LogP contribution in [0.4, 0.5) is 0 Å². The molecule has 0 bridgehead atoms. The molecule has 0 aliphatic carbocycles. The van der Waals surface area contributed by atoms with Gasteiger partial charge >= 0.3 is 0 Å². The number of fused-ring (bicyclic) bond motifs is 1. The predicted octanol–water partition coefficient (Wildman–Crippen LogP) is 2.95. The Hall–Kier alpha value is -2.60. The van der Waals surface area contributed by atoms with Crippen molar-refractivity contribution in [2.24, 2.45) is 0 Å². The monoisotopic (exact) mass is 366 g/mol. The first kappa shape index (κ1) is 17.8. The van der Waals surface area contributed by atoms with Gasteiger partial charge in [0, 0.05) is 47.6 Å². The lowest BCUT2D eigenvalue weighted by Gasteiger charge is -2.18. The minimum absolute atomic E-state index is 0.0110. The second kappa shape index (κ2) is 6.85. The van der Waals surface area contributed by atoms with Gasteiger partial charge in [0.05, 0.1) is 7.11 Å². The maximum atomic E-state index is 12.5. The van der Waals surface area contributed by atoms with Crippen molar-refractivity contribution in [3.05, 3.63) is 62.7 Å². The number of nitrogens with one attached hydrogen (secondary N) is 1. The SMILES string of the molecule is COc1ccc(C)cc1CN1CC[C@H](c2cc3nc(C)c(C)c(=O)n3[nH]2)C1. The summed E-state index contributed by atoms with van der Waals surface area (Å²) in [4.78, 5) is 19.4. The fourth-order valence-electron chi connectivity index (χ4n) is 3.95. The molecule has 1 aliphatic heterocycles. The lowest BCUT2D eigenvalue weighted by Crippen LogP contribution is -2.21. The highest BCUT2D eigenvalue weighted by Crippen LogP contribution is 2.29. The van der Waals surface area contributed by atoms with Gasteiger partial charge in [-0.3, -0.25) is 14.8 Å². The molecule has 6 heteroatoms. The number of H-pyrrole nitrogens is 1. The normalized spacial score (nSPS) is 17.7. The van der Waals surface area contributed by atoms with Crippen LogP contribution in [0.15, 0.2) is 29.1 Å². The van der Waals surface area contributed by atoms with E-state index in [9.17, 15) is 4.79 Å². The fourth-order valence-corrected chi connectivity index (χ4v) is 3.95. The Morgan fingerprint density at radius 2 is 2.07 bits per heavy atom. The van der Waals surface area contributed by atoms with Gasteiger partial charge < -0.3 is 4.74 Å². The molecule has 0 unspecified atom stereocenters. The number of nitrogens with zero attached hydrogens (tertiary/aromatic N) is 3. The number of ether oxygens (including phenoxy) is 1. The number of aromatic nitrogens is 3. The summed E-state index contributed by atoms with van der Waals surface area (Å²) in [6, 6.07) is 8.34. The highest BCUT2D eigenvalue weighted by atomic mass is 16.5. The van der Waals surface area contributed by atoms with E-state index < -0.39 is 0 Å². The van der Waals surface area contributed by atoms with Crippen molar-refractivity contribution in [1.29, 1.82) is 0 Å². The number of benzene rings is 1. The predicted molar refractivity (Wildman–Crippen MR) is 106 cm³/mol. The van der Waals surface area contributed by atoms with Gasteiger partial charge in [-0.2, -0.15) is 0 Å². The van der Waals surface area contributed by atoms with E-state index in [-0.39, 0.29) is 5.56 Å². The van der Waals surface area contributed by atoms with Gasteiger partial charge in [0.15, 0.2) is 5.65 Å². The zero-order valence-corrected chi connectivity index (χ0v) is 16.4. The molecule has 0 radical (unpaired) electrons. The average Bonchev–Trinajstić information content (AvgIpc) is 3.27. The Labute approximate surface area is 158 Å². The maximum absolute atomic E-state index is 12.5. The summed E-state index contributed by atoms with van der Waals surface area (Å²) < 4.78 is 7.09. The number of hydrogen-bond donors (Lipinski definition) is 1. The van der Waals surface area contributed by atoms with Gasteiger partial charge in [-0.25, -0.2) is 9.50 Å². The van der Waals surface area contributed by atoms with Gasteiger partial charge in [-0.15, -0.1) is 0 Å². The second-order valence-corrected chi connectivity index (χ2v) is 7.57. The van der Waals surface area contributed by atoms with Crippen molar-refractivity contribution >= 4 is 5.65 Å². The van der Waals surface area contributed by atoms with Crippen LogP contribution >= 0.6 is 0 Å². The highest BCUT2D eigenvalue weighted by molar-refractivity contribution is 5.42. The molecule has 2 aromatic heterocycles. The summed E-state index contributed by atoms with van der Waals surface area (Å²) in [6.07, 6.45) is 1.06. The van der Waals surface area contributed by atoms with E-state index in [0.29, 0.717) is 17.1 Å². The quantitative estimate of drug-likeness (QED) is 0.771. The molecule has 4 rings (SSSR count). The van der Waals surface area contributed by atoms with Gasteiger partial charge in [-0.05, 0) is 39.8 Å². The summed E-state index contributed by atoms with van der Waals surface area (Å²) >= 11 is 0. The topological polar surface area (TPSA) is 62.6 Å². The molecule has 1 fully saturated rings. The van der Waals surface area contributed by atoms with Crippen molar-refractivity contribution in [2.45, 2.75) is 39.7 Å². The summed E-state index contributed by atoms with van der Waals surface area (Å²) in [5, 5.41) is 3.28. The van der Waals surface area contributed by atoms with E-state index in [1.807, 2.05) is 26.0 Å². The molecule has 27 heavy (non-hydrogen) atoms. The lowest BCUT2D eigenvalue weighted by atomic mass is 10.1. The van der Waals surface area contributed by atoms with Crippen LogP contribution in [0.25, 0.3) is 5.65 Å². The van der Waals surface area contributed by atoms with E-state index in [2.05, 4.69) is 34.0 Å². The Kier molecular flexibility index (Phi) is 4.52. The lowest BCUT2D eigenvalue weighted by molar-refractivity contribution is 0.316. The highest BCUT2D eigenvalue weighted by Gasteiger charge is 2.26. The number of aromatic amines is 1. The van der Waals surface area contributed by atoms with Crippen LogP contribution in [-0.2, 0) is 6.54 Å². The summed E-state index contributed by atoms with van der Waals surface area (Å²) in [6.45, 7) is 8.67. The van der Waals surface area contributed by atoms with Gasteiger partial charge in [0.25, 0.3) is 5.56 Å². The molecule has 0 amide bonds. The van der Waals surface area contributed by atoms with Crippen LogP contribution < -0.4 is 10.3 Å². The van der Waals surface area contributed by atoms with Gasteiger partial charge in [-0.1, -0.05) is 17.7 Å². The molecule has 1 saturated heterocycles. The summed E-state index contributed by atoms with van der Waals surface area (Å²) in [7, 11) is 1.72. The second-order valence-electron chi connectivity index (χ2n) is 7.57. The van der Waals surface area contributed by atoms with Crippen LogP contribution in [0, 0.1) is 20.8 Å². The minimum atomic E-state index is -0.0110. The van der Waals surface area contributed by atoms with E-state index in [1.165, 1.54) is 11.1 Å². The van der Waals surface area contributed by atoms with E-state index in [1.54, 1.807) is 11.6 Å². The molecule has 1 aliphatic rings. The third-order valence-electron chi connectivity index (χ3n) is 5.65. The molecule has 0 spiro atoms. The first-order chi connectivity index (χ1) is 13.0. The van der Waals surface area contributed by atoms with Crippen LogP contribution in [0.2, 0.25) is 0 Å². The molecule has 3 heterocycles. The van der Waals surface area contributed by atoms with Crippen LogP contribution in [0.1, 0.15) is 40.4 Å². The van der Waals surface area contributed by atoms with Crippen molar-refractivity contribution in [3.63, 3.8) is 0 Å². The molecule has 1 atom stereocenters. The molecule has 3 aromatic rings. The first-order valence-corrected chi connectivity index (χ1v) is 9.41. The summed E-state index contributed by atoms with van der Waals surface area (Å²) in [5.41, 5.74) is 5.74. The maximum Gasteiger partial charge on any atom is 0.275 e. The smallest absolute Gasteiger partial charge is 0.275 e. The first-order valence-electron chi connectivity index (χ1n) is 9.41. The largest absolute Gasteiger partial charge is 0.496 e. The molecular weight excluding hydrogens is 340 g/mol. The number of hydrogen-bond acceptors (Lipinski definition) is 4. The Bertz CT molecular complexity index is 1050. The Morgan fingerprint density at radius 3 is 2.85 bits per heavy atom. The van der Waals surface area contributed by atoms with Crippen molar-refractivity contribution in [3.8, 4) is 5.75 Å². The van der Waals surface area contributed by atoms with E-state index >= 15 is 0 Å². The summed E-state index contributed by atoms with van der Waals surface area (Å²) in [5.74, 6) is 1.32.